The average Bonchev–Trinajstić information content (AvgIpc) is 2.81. The lowest BCUT2D eigenvalue weighted by atomic mass is 10.2. The van der Waals surface area contributed by atoms with Gasteiger partial charge in [0.2, 0.25) is 10.0 Å². The highest BCUT2D eigenvalue weighted by Gasteiger charge is 2.24. The number of nitrogen functional groups attached to an aromatic ring is 1. The minimum atomic E-state index is -3.79. The lowest BCUT2D eigenvalue weighted by molar-refractivity contribution is 0.311. The summed E-state index contributed by atoms with van der Waals surface area (Å²) in [5.41, 5.74) is 5.56. The van der Waals surface area contributed by atoms with Gasteiger partial charge in [0.05, 0.1) is 17.7 Å². The van der Waals surface area contributed by atoms with Gasteiger partial charge in [-0.2, -0.15) is 0 Å². The summed E-state index contributed by atoms with van der Waals surface area (Å²) in [6.45, 7) is 1.25. The summed E-state index contributed by atoms with van der Waals surface area (Å²) in [7, 11) is -0.563. The van der Waals surface area contributed by atoms with Gasteiger partial charge in [0.1, 0.15) is 0 Å². The molecule has 3 N–H and O–H groups in total. The molecule has 6 nitrogen and oxygen atoms in total. The molecular formula is C13H20FN3O3S. The van der Waals surface area contributed by atoms with E-state index >= 15 is 0 Å². The number of hydrogen-bond acceptors (Lipinski definition) is 5. The second kappa shape index (κ2) is 6.17. The lowest BCUT2D eigenvalue weighted by Gasteiger charge is -2.19. The quantitative estimate of drug-likeness (QED) is 0.784. The van der Waals surface area contributed by atoms with Crippen LogP contribution < -0.4 is 15.2 Å². The molecule has 21 heavy (non-hydrogen) atoms. The fourth-order valence-electron chi connectivity index (χ4n) is 2.49. The van der Waals surface area contributed by atoms with E-state index in [2.05, 4.69) is 9.62 Å². The normalized spacial score (nSPS) is 19.9. The Morgan fingerprint density at radius 1 is 1.52 bits per heavy atom. The first kappa shape index (κ1) is 16.0. The van der Waals surface area contributed by atoms with Gasteiger partial charge in [0.15, 0.2) is 11.6 Å². The van der Waals surface area contributed by atoms with Crippen molar-refractivity contribution >= 4 is 15.7 Å². The van der Waals surface area contributed by atoms with Crippen molar-refractivity contribution in [1.29, 1.82) is 0 Å². The van der Waals surface area contributed by atoms with Gasteiger partial charge in [-0.05, 0) is 38.6 Å². The van der Waals surface area contributed by atoms with Crippen molar-refractivity contribution in [2.24, 2.45) is 0 Å². The number of nitrogens with one attached hydrogen (secondary N) is 1. The summed E-state index contributed by atoms with van der Waals surface area (Å²) < 4.78 is 45.4. The molecule has 1 heterocycles. The highest BCUT2D eigenvalue weighted by Crippen LogP contribution is 2.28. The smallest absolute Gasteiger partial charge is 0.240 e. The number of nitrogens with two attached hydrogens (primary N) is 1. The van der Waals surface area contributed by atoms with E-state index in [0.717, 1.165) is 25.5 Å². The molecule has 1 aliphatic heterocycles. The molecule has 0 aromatic heterocycles. The molecule has 8 heteroatoms. The topological polar surface area (TPSA) is 84.7 Å². The number of likely N-dealkylation sites (tertiary alicyclic amines) is 1. The van der Waals surface area contributed by atoms with Crippen molar-refractivity contribution in [2.75, 3.05) is 33.0 Å². The second-order valence-electron chi connectivity index (χ2n) is 5.16. The van der Waals surface area contributed by atoms with Crippen LogP contribution in [0.4, 0.5) is 10.1 Å². The Bertz CT molecular complexity index is 598. The number of hydrogen-bond donors (Lipinski definition) is 2. The summed E-state index contributed by atoms with van der Waals surface area (Å²) in [6, 6.07) is 2.28. The van der Waals surface area contributed by atoms with Gasteiger partial charge in [-0.3, -0.25) is 0 Å². The minimum Gasteiger partial charge on any atom is -0.492 e. The first-order valence-electron chi connectivity index (χ1n) is 6.68. The molecule has 1 atom stereocenters. The van der Waals surface area contributed by atoms with Crippen LogP contribution in [-0.4, -0.2) is 46.6 Å². The first-order chi connectivity index (χ1) is 9.85. The molecule has 1 aromatic rings. The number of ether oxygens (including phenoxy) is 1. The highest BCUT2D eigenvalue weighted by atomic mass is 32.2. The third-order valence-corrected chi connectivity index (χ3v) is 5.14. The molecule has 0 saturated carbocycles. The van der Waals surface area contributed by atoms with E-state index in [9.17, 15) is 12.8 Å². The Labute approximate surface area is 124 Å². The molecule has 1 aliphatic rings. The Morgan fingerprint density at radius 2 is 2.24 bits per heavy atom. The Balaban J connectivity index is 2.16. The molecule has 1 unspecified atom stereocenters. The molecule has 0 bridgehead atoms. The van der Waals surface area contributed by atoms with Crippen LogP contribution in [0.5, 0.6) is 5.75 Å². The predicted molar refractivity (Wildman–Crippen MR) is 78.2 cm³/mol. The number of methoxy groups -OCH3 is 1. The fourth-order valence-corrected chi connectivity index (χ4v) is 3.60. The number of anilines is 1. The van der Waals surface area contributed by atoms with Gasteiger partial charge in [-0.25, -0.2) is 17.5 Å². The number of benzene rings is 1. The van der Waals surface area contributed by atoms with Crippen molar-refractivity contribution in [3.8, 4) is 5.75 Å². The van der Waals surface area contributed by atoms with Crippen LogP contribution in [0, 0.1) is 5.82 Å². The third-order valence-electron chi connectivity index (χ3n) is 3.74. The number of likely N-dealkylation sites (N-methyl/N-ethyl adjacent to an activating group) is 1. The number of sulfonamides is 1. The maximum atomic E-state index is 13.7. The monoisotopic (exact) mass is 317 g/mol. The zero-order chi connectivity index (χ0) is 15.6. The van der Waals surface area contributed by atoms with Gasteiger partial charge >= 0.3 is 0 Å². The van der Waals surface area contributed by atoms with E-state index in [1.807, 2.05) is 7.05 Å². The van der Waals surface area contributed by atoms with Gasteiger partial charge in [0.25, 0.3) is 0 Å². The van der Waals surface area contributed by atoms with E-state index in [0.29, 0.717) is 6.54 Å². The second-order valence-corrected chi connectivity index (χ2v) is 6.92. The number of nitrogens with zero attached hydrogens (tertiary/aromatic N) is 1. The number of rotatable bonds is 5. The molecule has 0 amide bonds. The lowest BCUT2D eigenvalue weighted by Crippen LogP contribution is -2.38. The van der Waals surface area contributed by atoms with Crippen molar-refractivity contribution in [2.45, 2.75) is 23.8 Å². The summed E-state index contributed by atoms with van der Waals surface area (Å²) in [5.74, 6) is -0.944. The molecule has 1 fully saturated rings. The average molecular weight is 317 g/mol. The first-order valence-corrected chi connectivity index (χ1v) is 8.16. The van der Waals surface area contributed by atoms with Crippen molar-refractivity contribution < 1.29 is 17.5 Å². The van der Waals surface area contributed by atoms with Gasteiger partial charge in [-0.1, -0.05) is 0 Å². The van der Waals surface area contributed by atoms with E-state index in [1.165, 1.54) is 13.2 Å². The maximum absolute atomic E-state index is 13.7. The fraction of sp³-hybridized carbons (Fsp3) is 0.538. The van der Waals surface area contributed by atoms with Gasteiger partial charge in [-0.15, -0.1) is 0 Å². The van der Waals surface area contributed by atoms with Crippen LogP contribution >= 0.6 is 0 Å². The largest absolute Gasteiger partial charge is 0.492 e. The SMILES string of the molecule is COc1c(N)cc(S(=O)(=O)NCC2CCCN2C)cc1F. The Morgan fingerprint density at radius 3 is 2.76 bits per heavy atom. The van der Waals surface area contributed by atoms with E-state index < -0.39 is 15.8 Å². The minimum absolute atomic E-state index is 0.0455. The summed E-state index contributed by atoms with van der Waals surface area (Å²) in [5, 5.41) is 0. The molecule has 0 aliphatic carbocycles. The van der Waals surface area contributed by atoms with Gasteiger partial charge in [0, 0.05) is 12.6 Å². The summed E-state index contributed by atoms with van der Waals surface area (Å²) >= 11 is 0. The zero-order valence-electron chi connectivity index (χ0n) is 12.1. The van der Waals surface area contributed by atoms with Crippen LogP contribution in [-0.2, 0) is 10.0 Å². The van der Waals surface area contributed by atoms with Crippen LogP contribution in [0.1, 0.15) is 12.8 Å². The third kappa shape index (κ3) is 3.45. The van der Waals surface area contributed by atoms with Crippen LogP contribution in [0.25, 0.3) is 0 Å². The molecule has 1 aromatic carbocycles. The van der Waals surface area contributed by atoms with Crippen molar-refractivity contribution in [3.63, 3.8) is 0 Å². The maximum Gasteiger partial charge on any atom is 0.240 e. The summed E-state index contributed by atoms with van der Waals surface area (Å²) in [4.78, 5) is 1.91. The van der Waals surface area contributed by atoms with Crippen LogP contribution in [0.2, 0.25) is 0 Å². The molecule has 0 radical (unpaired) electrons. The van der Waals surface area contributed by atoms with Crippen molar-refractivity contribution in [3.05, 3.63) is 17.9 Å². The van der Waals surface area contributed by atoms with E-state index in [-0.39, 0.29) is 22.4 Å². The van der Waals surface area contributed by atoms with E-state index in [1.54, 1.807) is 0 Å². The predicted octanol–water partition coefficient (Wildman–Crippen LogP) is 0.789. The summed E-state index contributed by atoms with van der Waals surface area (Å²) in [6.07, 6.45) is 1.99. The van der Waals surface area contributed by atoms with E-state index in [4.69, 9.17) is 10.5 Å². The molecule has 1 saturated heterocycles. The zero-order valence-corrected chi connectivity index (χ0v) is 12.9. The molecular weight excluding hydrogens is 297 g/mol. The molecule has 2 rings (SSSR count). The molecule has 0 spiro atoms. The van der Waals surface area contributed by atoms with Crippen molar-refractivity contribution in [1.82, 2.24) is 9.62 Å². The number of halogens is 1. The van der Waals surface area contributed by atoms with Crippen LogP contribution in [0.3, 0.4) is 0 Å². The Kier molecular flexibility index (Phi) is 4.70. The Hall–Kier alpha value is -1.38. The van der Waals surface area contributed by atoms with Gasteiger partial charge < -0.3 is 15.4 Å². The highest BCUT2D eigenvalue weighted by molar-refractivity contribution is 7.89. The molecule has 118 valence electrons. The standard InChI is InChI=1S/C13H20FN3O3S/c1-17-5-3-4-9(17)8-16-21(18,19)10-6-11(14)13(20-2)12(15)7-10/h6-7,9,16H,3-5,8,15H2,1-2H3. The van der Waals surface area contributed by atoms with Crippen LogP contribution in [0.15, 0.2) is 17.0 Å².